The van der Waals surface area contributed by atoms with Gasteiger partial charge in [-0.15, -0.1) is 0 Å². The van der Waals surface area contributed by atoms with Crippen molar-refractivity contribution >= 4 is 21.8 Å². The Balaban J connectivity index is 1.82. The van der Waals surface area contributed by atoms with Gasteiger partial charge in [-0.2, -0.15) is 0 Å². The molecule has 2 N–H and O–H groups in total. The van der Waals surface area contributed by atoms with Crippen LogP contribution in [0.25, 0.3) is 0 Å². The van der Waals surface area contributed by atoms with Crippen molar-refractivity contribution in [3.05, 3.63) is 34.1 Å². The van der Waals surface area contributed by atoms with Crippen LogP contribution in [0.3, 0.4) is 0 Å². The van der Waals surface area contributed by atoms with E-state index in [0.717, 1.165) is 19.5 Å². The lowest BCUT2D eigenvalue weighted by Crippen LogP contribution is -2.33. The highest BCUT2D eigenvalue weighted by atomic mass is 79.9. The molecule has 2 rings (SSSR count). The maximum Gasteiger partial charge on any atom is 0.252 e. The van der Waals surface area contributed by atoms with Gasteiger partial charge in [-0.05, 0) is 66.3 Å². The van der Waals surface area contributed by atoms with E-state index in [0.29, 0.717) is 18.0 Å². The van der Waals surface area contributed by atoms with E-state index in [1.54, 1.807) is 12.1 Å². The molecule has 0 spiro atoms. The Labute approximate surface area is 121 Å². The van der Waals surface area contributed by atoms with E-state index in [1.807, 2.05) is 0 Å². The zero-order chi connectivity index (χ0) is 13.7. The Hall–Kier alpha value is -0.940. The molecule has 0 saturated carbocycles. The quantitative estimate of drug-likeness (QED) is 0.892. The number of carbonyl (C=O) groups excluding carboxylic acids is 1. The van der Waals surface area contributed by atoms with E-state index < -0.39 is 5.82 Å². The minimum atomic E-state index is -0.413. The number of benzene rings is 1. The number of piperidine rings is 1. The zero-order valence-corrected chi connectivity index (χ0v) is 12.3. The van der Waals surface area contributed by atoms with E-state index in [4.69, 9.17) is 0 Å². The van der Waals surface area contributed by atoms with Crippen molar-refractivity contribution in [3.63, 3.8) is 0 Å². The molecular formula is C14H18BrFN2O. The summed E-state index contributed by atoms with van der Waals surface area (Å²) in [7, 11) is 0. The van der Waals surface area contributed by atoms with Gasteiger partial charge in [-0.1, -0.05) is 6.07 Å². The van der Waals surface area contributed by atoms with Crippen LogP contribution in [-0.2, 0) is 0 Å². The highest BCUT2D eigenvalue weighted by Crippen LogP contribution is 2.20. The molecule has 1 fully saturated rings. The third-order valence-electron chi connectivity index (χ3n) is 3.43. The summed E-state index contributed by atoms with van der Waals surface area (Å²) >= 11 is 3.10. The molecular weight excluding hydrogens is 311 g/mol. The predicted molar refractivity (Wildman–Crippen MR) is 76.6 cm³/mol. The summed E-state index contributed by atoms with van der Waals surface area (Å²) in [5, 5.41) is 6.20. The highest BCUT2D eigenvalue weighted by molar-refractivity contribution is 9.10. The van der Waals surface area contributed by atoms with Gasteiger partial charge in [0.15, 0.2) is 0 Å². The van der Waals surface area contributed by atoms with Gasteiger partial charge in [-0.3, -0.25) is 4.79 Å². The van der Waals surface area contributed by atoms with Crippen LogP contribution in [-0.4, -0.2) is 25.5 Å². The van der Waals surface area contributed by atoms with Crippen molar-refractivity contribution in [1.82, 2.24) is 10.6 Å². The SMILES string of the molecule is O=C(NCCC1CCCNC1)c1cccc(F)c1Br. The van der Waals surface area contributed by atoms with Crippen molar-refractivity contribution < 1.29 is 9.18 Å². The molecule has 104 valence electrons. The zero-order valence-electron chi connectivity index (χ0n) is 10.7. The van der Waals surface area contributed by atoms with Crippen LogP contribution in [0.5, 0.6) is 0 Å². The van der Waals surface area contributed by atoms with E-state index in [1.165, 1.54) is 18.9 Å². The Morgan fingerprint density at radius 1 is 1.53 bits per heavy atom. The van der Waals surface area contributed by atoms with E-state index in [9.17, 15) is 9.18 Å². The first-order valence-electron chi connectivity index (χ1n) is 6.61. The summed E-state index contributed by atoms with van der Waals surface area (Å²) in [5.74, 6) is -0.00993. The Morgan fingerprint density at radius 2 is 2.37 bits per heavy atom. The standard InChI is InChI=1S/C14H18BrFN2O/c15-13-11(4-1-5-12(13)16)14(19)18-8-6-10-3-2-7-17-9-10/h1,4-5,10,17H,2-3,6-9H2,(H,18,19). The molecule has 1 amide bonds. The van der Waals surface area contributed by atoms with Crippen LogP contribution in [0.2, 0.25) is 0 Å². The molecule has 5 heteroatoms. The molecule has 1 heterocycles. The Kier molecular flexibility index (Phi) is 5.34. The smallest absolute Gasteiger partial charge is 0.252 e. The summed E-state index contributed by atoms with van der Waals surface area (Å²) < 4.78 is 13.5. The molecule has 19 heavy (non-hydrogen) atoms. The van der Waals surface area contributed by atoms with Crippen LogP contribution in [0, 0.1) is 11.7 Å². The maximum atomic E-state index is 13.3. The van der Waals surface area contributed by atoms with Crippen LogP contribution < -0.4 is 10.6 Å². The fraction of sp³-hybridized carbons (Fsp3) is 0.500. The van der Waals surface area contributed by atoms with E-state index >= 15 is 0 Å². The summed E-state index contributed by atoms with van der Waals surface area (Å²) in [5.41, 5.74) is 0.349. The summed E-state index contributed by atoms with van der Waals surface area (Å²) in [6, 6.07) is 4.49. The lowest BCUT2D eigenvalue weighted by molar-refractivity contribution is 0.0949. The van der Waals surface area contributed by atoms with Crippen LogP contribution in [0.15, 0.2) is 22.7 Å². The molecule has 1 aliphatic rings. The molecule has 1 aliphatic heterocycles. The van der Waals surface area contributed by atoms with Crippen molar-refractivity contribution in [2.45, 2.75) is 19.3 Å². The van der Waals surface area contributed by atoms with Crippen LogP contribution in [0.1, 0.15) is 29.6 Å². The molecule has 0 bridgehead atoms. The number of hydrogen-bond acceptors (Lipinski definition) is 2. The van der Waals surface area contributed by atoms with Gasteiger partial charge < -0.3 is 10.6 Å². The molecule has 0 aliphatic carbocycles. The molecule has 1 aromatic rings. The molecule has 0 aromatic heterocycles. The van der Waals surface area contributed by atoms with Gasteiger partial charge in [0.1, 0.15) is 5.82 Å². The minimum Gasteiger partial charge on any atom is -0.352 e. The normalized spacial score (nSPS) is 19.2. The highest BCUT2D eigenvalue weighted by Gasteiger charge is 2.15. The fourth-order valence-corrected chi connectivity index (χ4v) is 2.78. The predicted octanol–water partition coefficient (Wildman–Crippen LogP) is 2.71. The monoisotopic (exact) mass is 328 g/mol. The first kappa shape index (κ1) is 14.5. The number of hydrogen-bond donors (Lipinski definition) is 2. The second kappa shape index (κ2) is 7.01. The van der Waals surface area contributed by atoms with Crippen molar-refractivity contribution in [1.29, 1.82) is 0 Å². The van der Waals surface area contributed by atoms with Gasteiger partial charge >= 0.3 is 0 Å². The van der Waals surface area contributed by atoms with Crippen molar-refractivity contribution in [2.75, 3.05) is 19.6 Å². The summed E-state index contributed by atoms with van der Waals surface area (Å²) in [4.78, 5) is 11.9. The molecule has 1 unspecified atom stereocenters. The number of rotatable bonds is 4. The molecule has 1 atom stereocenters. The van der Waals surface area contributed by atoms with Crippen LogP contribution in [0.4, 0.5) is 4.39 Å². The van der Waals surface area contributed by atoms with Gasteiger partial charge in [0.2, 0.25) is 0 Å². The topological polar surface area (TPSA) is 41.1 Å². The first-order valence-corrected chi connectivity index (χ1v) is 7.40. The number of amides is 1. The minimum absolute atomic E-state index is 0.227. The molecule has 1 aromatic carbocycles. The largest absolute Gasteiger partial charge is 0.352 e. The summed E-state index contributed by atoms with van der Waals surface area (Å²) in [6.45, 7) is 2.76. The second-order valence-electron chi connectivity index (χ2n) is 4.86. The first-order chi connectivity index (χ1) is 9.18. The average molecular weight is 329 g/mol. The van der Waals surface area contributed by atoms with Gasteiger partial charge in [0.05, 0.1) is 10.0 Å². The molecule has 0 radical (unpaired) electrons. The van der Waals surface area contributed by atoms with Crippen LogP contribution >= 0.6 is 15.9 Å². The Bertz CT molecular complexity index is 447. The maximum absolute atomic E-state index is 13.3. The van der Waals surface area contributed by atoms with Crippen molar-refractivity contribution in [3.8, 4) is 0 Å². The number of halogens is 2. The third kappa shape index (κ3) is 4.01. The van der Waals surface area contributed by atoms with Gasteiger partial charge in [-0.25, -0.2) is 4.39 Å². The lowest BCUT2D eigenvalue weighted by Gasteiger charge is -2.22. The van der Waals surface area contributed by atoms with Gasteiger partial charge in [0, 0.05) is 6.54 Å². The second-order valence-corrected chi connectivity index (χ2v) is 5.65. The number of carbonyl (C=O) groups is 1. The lowest BCUT2D eigenvalue weighted by atomic mass is 9.96. The molecule has 1 saturated heterocycles. The molecule has 3 nitrogen and oxygen atoms in total. The average Bonchev–Trinajstić information content (AvgIpc) is 2.43. The van der Waals surface area contributed by atoms with E-state index in [-0.39, 0.29) is 10.4 Å². The van der Waals surface area contributed by atoms with Gasteiger partial charge in [0.25, 0.3) is 5.91 Å². The fourth-order valence-electron chi connectivity index (χ4n) is 2.33. The Morgan fingerprint density at radius 3 is 3.11 bits per heavy atom. The third-order valence-corrected chi connectivity index (χ3v) is 4.24. The number of nitrogens with one attached hydrogen (secondary N) is 2. The van der Waals surface area contributed by atoms with Crippen molar-refractivity contribution in [2.24, 2.45) is 5.92 Å². The van der Waals surface area contributed by atoms with E-state index in [2.05, 4.69) is 26.6 Å². The summed E-state index contributed by atoms with van der Waals surface area (Å²) in [6.07, 6.45) is 3.38.